The minimum atomic E-state index is 0.531. The van der Waals surface area contributed by atoms with Crippen LogP contribution in [0, 0.1) is 0 Å². The summed E-state index contributed by atoms with van der Waals surface area (Å²) >= 11 is 0. The van der Waals surface area contributed by atoms with Crippen molar-refractivity contribution in [3.05, 3.63) is 28.8 Å². The SMILES string of the molecule is COc1ccc2c(c1[C@@H]1CCCN1)CCC2. The quantitative estimate of drug-likeness (QED) is 0.822. The van der Waals surface area contributed by atoms with E-state index in [-0.39, 0.29) is 0 Å². The molecular weight excluding hydrogens is 198 g/mol. The van der Waals surface area contributed by atoms with E-state index in [0.717, 1.165) is 12.3 Å². The molecule has 3 rings (SSSR count). The van der Waals surface area contributed by atoms with Crippen LogP contribution in [0.2, 0.25) is 0 Å². The van der Waals surface area contributed by atoms with E-state index < -0.39 is 0 Å². The summed E-state index contributed by atoms with van der Waals surface area (Å²) in [6, 6.07) is 4.93. The molecule has 2 aliphatic rings. The van der Waals surface area contributed by atoms with Crippen LogP contribution >= 0.6 is 0 Å². The van der Waals surface area contributed by atoms with Gasteiger partial charge in [-0.1, -0.05) is 6.07 Å². The van der Waals surface area contributed by atoms with E-state index in [0.29, 0.717) is 6.04 Å². The molecule has 0 saturated carbocycles. The summed E-state index contributed by atoms with van der Waals surface area (Å²) < 4.78 is 5.54. The minimum absolute atomic E-state index is 0.531. The first kappa shape index (κ1) is 10.2. The predicted octanol–water partition coefficient (Wildman–Crippen LogP) is 2.61. The zero-order valence-electron chi connectivity index (χ0n) is 9.88. The van der Waals surface area contributed by atoms with Gasteiger partial charge in [0.15, 0.2) is 0 Å². The zero-order chi connectivity index (χ0) is 11.0. The van der Waals surface area contributed by atoms with Gasteiger partial charge in [0.05, 0.1) is 7.11 Å². The number of fused-ring (bicyclic) bond motifs is 1. The molecule has 0 unspecified atom stereocenters. The van der Waals surface area contributed by atoms with Crippen molar-refractivity contribution >= 4 is 0 Å². The van der Waals surface area contributed by atoms with Gasteiger partial charge in [-0.2, -0.15) is 0 Å². The fourth-order valence-electron chi connectivity index (χ4n) is 3.16. The van der Waals surface area contributed by atoms with Crippen molar-refractivity contribution < 1.29 is 4.74 Å². The Kier molecular flexibility index (Phi) is 2.60. The molecule has 1 aromatic rings. The maximum atomic E-state index is 5.54. The third-order valence-electron chi connectivity index (χ3n) is 3.92. The second-order valence-electron chi connectivity index (χ2n) is 4.82. The third-order valence-corrected chi connectivity index (χ3v) is 3.92. The van der Waals surface area contributed by atoms with Crippen LogP contribution in [-0.4, -0.2) is 13.7 Å². The summed E-state index contributed by atoms with van der Waals surface area (Å²) in [5, 5.41) is 3.60. The Hall–Kier alpha value is -1.02. The maximum Gasteiger partial charge on any atom is 0.123 e. The molecule has 1 aliphatic carbocycles. The molecule has 0 amide bonds. The zero-order valence-corrected chi connectivity index (χ0v) is 9.88. The molecule has 1 N–H and O–H groups in total. The normalized spacial score (nSPS) is 23.4. The molecular formula is C14H19NO. The van der Waals surface area contributed by atoms with E-state index in [9.17, 15) is 0 Å². The maximum absolute atomic E-state index is 5.54. The molecule has 1 fully saturated rings. The first-order chi connectivity index (χ1) is 7.90. The Morgan fingerprint density at radius 1 is 1.25 bits per heavy atom. The lowest BCUT2D eigenvalue weighted by atomic mass is 9.95. The Bertz CT molecular complexity index is 394. The number of hydrogen-bond donors (Lipinski definition) is 1. The molecule has 1 aliphatic heterocycles. The van der Waals surface area contributed by atoms with Crippen LogP contribution in [0.1, 0.15) is 42.0 Å². The Morgan fingerprint density at radius 3 is 2.94 bits per heavy atom. The number of benzene rings is 1. The lowest BCUT2D eigenvalue weighted by molar-refractivity contribution is 0.402. The molecule has 1 aromatic carbocycles. The van der Waals surface area contributed by atoms with Gasteiger partial charge in [0, 0.05) is 11.6 Å². The molecule has 2 nitrogen and oxygen atoms in total. The summed E-state index contributed by atoms with van der Waals surface area (Å²) in [5.41, 5.74) is 4.57. The van der Waals surface area contributed by atoms with Crippen LogP contribution in [0.25, 0.3) is 0 Å². The van der Waals surface area contributed by atoms with Gasteiger partial charge in [-0.25, -0.2) is 0 Å². The summed E-state index contributed by atoms with van der Waals surface area (Å²) in [6.07, 6.45) is 6.34. The number of aryl methyl sites for hydroxylation is 1. The van der Waals surface area contributed by atoms with E-state index in [1.807, 2.05) is 0 Å². The molecule has 1 atom stereocenters. The van der Waals surface area contributed by atoms with Crippen molar-refractivity contribution in [1.82, 2.24) is 5.32 Å². The summed E-state index contributed by atoms with van der Waals surface area (Å²) in [7, 11) is 1.79. The van der Waals surface area contributed by atoms with Crippen LogP contribution in [0.4, 0.5) is 0 Å². The largest absolute Gasteiger partial charge is 0.496 e. The topological polar surface area (TPSA) is 21.3 Å². The number of rotatable bonds is 2. The number of methoxy groups -OCH3 is 1. The molecule has 0 spiro atoms. The first-order valence-electron chi connectivity index (χ1n) is 6.32. The number of hydrogen-bond acceptors (Lipinski definition) is 2. The second kappa shape index (κ2) is 4.10. The van der Waals surface area contributed by atoms with Gasteiger partial charge >= 0.3 is 0 Å². The fourth-order valence-corrected chi connectivity index (χ4v) is 3.16. The highest BCUT2D eigenvalue weighted by Gasteiger charge is 2.26. The van der Waals surface area contributed by atoms with Crippen LogP contribution in [-0.2, 0) is 12.8 Å². The molecule has 2 heteroatoms. The van der Waals surface area contributed by atoms with E-state index in [1.165, 1.54) is 37.7 Å². The summed E-state index contributed by atoms with van der Waals surface area (Å²) in [4.78, 5) is 0. The van der Waals surface area contributed by atoms with Gasteiger partial charge in [-0.05, 0) is 55.8 Å². The second-order valence-corrected chi connectivity index (χ2v) is 4.82. The Labute approximate surface area is 97.0 Å². The van der Waals surface area contributed by atoms with Crippen molar-refractivity contribution in [2.75, 3.05) is 13.7 Å². The average Bonchev–Trinajstić information content (AvgIpc) is 2.98. The number of ether oxygens (including phenoxy) is 1. The van der Waals surface area contributed by atoms with Gasteiger partial charge in [-0.15, -0.1) is 0 Å². The smallest absolute Gasteiger partial charge is 0.123 e. The van der Waals surface area contributed by atoms with Crippen molar-refractivity contribution in [2.24, 2.45) is 0 Å². The van der Waals surface area contributed by atoms with Crippen molar-refractivity contribution in [1.29, 1.82) is 0 Å². The highest BCUT2D eigenvalue weighted by molar-refractivity contribution is 5.49. The van der Waals surface area contributed by atoms with Gasteiger partial charge in [-0.3, -0.25) is 0 Å². The monoisotopic (exact) mass is 217 g/mol. The molecule has 16 heavy (non-hydrogen) atoms. The average molecular weight is 217 g/mol. The Morgan fingerprint density at radius 2 is 2.19 bits per heavy atom. The highest BCUT2D eigenvalue weighted by atomic mass is 16.5. The summed E-state index contributed by atoms with van der Waals surface area (Å²) in [6.45, 7) is 1.15. The van der Waals surface area contributed by atoms with E-state index >= 15 is 0 Å². The van der Waals surface area contributed by atoms with Crippen LogP contribution in [0.15, 0.2) is 12.1 Å². The molecule has 0 bridgehead atoms. The standard InChI is InChI=1S/C14H19NO/c1-16-13-8-7-10-4-2-5-11(10)14(13)12-6-3-9-15-12/h7-8,12,15H,2-6,9H2,1H3/t12-/m0/s1. The van der Waals surface area contributed by atoms with E-state index in [4.69, 9.17) is 4.74 Å². The predicted molar refractivity (Wildman–Crippen MR) is 65.0 cm³/mol. The van der Waals surface area contributed by atoms with Crippen molar-refractivity contribution in [3.8, 4) is 5.75 Å². The molecule has 1 saturated heterocycles. The lowest BCUT2D eigenvalue weighted by Gasteiger charge is -2.19. The van der Waals surface area contributed by atoms with E-state index in [1.54, 1.807) is 18.2 Å². The number of nitrogens with one attached hydrogen (secondary N) is 1. The van der Waals surface area contributed by atoms with E-state index in [2.05, 4.69) is 17.4 Å². The Balaban J connectivity index is 2.08. The molecule has 1 heterocycles. The highest BCUT2D eigenvalue weighted by Crippen LogP contribution is 2.38. The van der Waals surface area contributed by atoms with Crippen molar-refractivity contribution in [3.63, 3.8) is 0 Å². The molecule has 0 aromatic heterocycles. The van der Waals surface area contributed by atoms with Crippen LogP contribution in [0.5, 0.6) is 5.75 Å². The third kappa shape index (κ3) is 1.52. The lowest BCUT2D eigenvalue weighted by Crippen LogP contribution is -2.15. The van der Waals surface area contributed by atoms with Gasteiger partial charge < -0.3 is 10.1 Å². The van der Waals surface area contributed by atoms with Gasteiger partial charge in [0.2, 0.25) is 0 Å². The molecule has 0 radical (unpaired) electrons. The van der Waals surface area contributed by atoms with Gasteiger partial charge in [0.1, 0.15) is 5.75 Å². The van der Waals surface area contributed by atoms with Crippen LogP contribution < -0.4 is 10.1 Å². The first-order valence-corrected chi connectivity index (χ1v) is 6.32. The fraction of sp³-hybridized carbons (Fsp3) is 0.571. The van der Waals surface area contributed by atoms with Crippen LogP contribution in [0.3, 0.4) is 0 Å². The summed E-state index contributed by atoms with van der Waals surface area (Å²) in [5.74, 6) is 1.08. The molecule has 86 valence electrons. The van der Waals surface area contributed by atoms with Crippen molar-refractivity contribution in [2.45, 2.75) is 38.1 Å². The minimum Gasteiger partial charge on any atom is -0.496 e. The van der Waals surface area contributed by atoms with Gasteiger partial charge in [0.25, 0.3) is 0 Å².